The van der Waals surface area contributed by atoms with Gasteiger partial charge in [0.1, 0.15) is 11.6 Å². The molecule has 3 atom stereocenters. The topological polar surface area (TPSA) is 32.3 Å². The van der Waals surface area contributed by atoms with Crippen molar-refractivity contribution in [1.82, 2.24) is 4.90 Å². The quantitative estimate of drug-likeness (QED) is 0.928. The molecule has 0 bridgehead atoms. The van der Waals surface area contributed by atoms with Crippen molar-refractivity contribution in [2.45, 2.75) is 33.2 Å². The zero-order valence-electron chi connectivity index (χ0n) is 12.7. The van der Waals surface area contributed by atoms with Crippen LogP contribution in [0.1, 0.15) is 27.2 Å². The van der Waals surface area contributed by atoms with Crippen molar-refractivity contribution in [3.05, 3.63) is 29.8 Å². The molecule has 1 aliphatic rings. The molecule has 3 nitrogen and oxygen atoms in total. The molecule has 1 fully saturated rings. The highest BCUT2D eigenvalue weighted by Gasteiger charge is 2.29. The summed E-state index contributed by atoms with van der Waals surface area (Å²) < 4.78 is 26.7. The first-order valence-corrected chi connectivity index (χ1v) is 7.36. The molecule has 0 saturated carbocycles. The first-order chi connectivity index (χ1) is 9.86. The molecule has 1 aromatic rings. The summed E-state index contributed by atoms with van der Waals surface area (Å²) >= 11 is 0. The molecule has 2 rings (SSSR count). The highest BCUT2D eigenvalue weighted by Crippen LogP contribution is 2.23. The second-order valence-electron chi connectivity index (χ2n) is 6.19. The fourth-order valence-corrected chi connectivity index (χ4v) is 3.02. The highest BCUT2D eigenvalue weighted by molar-refractivity contribution is 5.94. The van der Waals surface area contributed by atoms with Crippen molar-refractivity contribution in [2.75, 3.05) is 18.4 Å². The first-order valence-electron chi connectivity index (χ1n) is 7.36. The molecular formula is C16H22F2N2O. The first kappa shape index (κ1) is 15.9. The Kier molecular flexibility index (Phi) is 4.93. The van der Waals surface area contributed by atoms with Crippen LogP contribution in [-0.4, -0.2) is 29.9 Å². The maximum Gasteiger partial charge on any atom is 0.241 e. The minimum absolute atomic E-state index is 0.107. The number of carbonyl (C=O) groups is 1. The molecule has 21 heavy (non-hydrogen) atoms. The number of hydrogen-bond acceptors (Lipinski definition) is 2. The largest absolute Gasteiger partial charge is 0.322 e. The zero-order chi connectivity index (χ0) is 15.6. The second-order valence-corrected chi connectivity index (χ2v) is 6.19. The Labute approximate surface area is 124 Å². The molecule has 5 heteroatoms. The Hall–Kier alpha value is -1.49. The lowest BCUT2D eigenvalue weighted by atomic mass is 9.91. The van der Waals surface area contributed by atoms with Crippen LogP contribution >= 0.6 is 0 Å². The van der Waals surface area contributed by atoms with E-state index in [1.165, 1.54) is 0 Å². The van der Waals surface area contributed by atoms with Crippen molar-refractivity contribution in [1.29, 1.82) is 0 Å². The Bertz CT molecular complexity index is 511. The molecule has 1 amide bonds. The van der Waals surface area contributed by atoms with Crippen molar-refractivity contribution >= 4 is 11.6 Å². The van der Waals surface area contributed by atoms with Gasteiger partial charge >= 0.3 is 0 Å². The van der Waals surface area contributed by atoms with Crippen LogP contribution in [0.5, 0.6) is 0 Å². The van der Waals surface area contributed by atoms with E-state index >= 15 is 0 Å². The van der Waals surface area contributed by atoms with Crippen LogP contribution in [0.3, 0.4) is 0 Å². The molecule has 0 radical (unpaired) electrons. The van der Waals surface area contributed by atoms with Gasteiger partial charge in [0.25, 0.3) is 0 Å². The summed E-state index contributed by atoms with van der Waals surface area (Å²) in [6, 6.07) is 2.68. The number of hydrogen-bond donors (Lipinski definition) is 1. The van der Waals surface area contributed by atoms with Gasteiger partial charge in [0.2, 0.25) is 5.91 Å². The number of nitrogens with one attached hydrogen (secondary N) is 1. The van der Waals surface area contributed by atoms with Crippen LogP contribution in [0.15, 0.2) is 18.2 Å². The van der Waals surface area contributed by atoms with Gasteiger partial charge in [-0.3, -0.25) is 9.69 Å². The zero-order valence-corrected chi connectivity index (χ0v) is 12.7. The lowest BCUT2D eigenvalue weighted by Gasteiger charge is -2.38. The fourth-order valence-electron chi connectivity index (χ4n) is 3.02. The van der Waals surface area contributed by atoms with E-state index in [0.717, 1.165) is 37.7 Å². The normalized spacial score (nSPS) is 24.6. The predicted molar refractivity (Wildman–Crippen MR) is 79.0 cm³/mol. The van der Waals surface area contributed by atoms with Gasteiger partial charge in [-0.05, 0) is 37.3 Å². The summed E-state index contributed by atoms with van der Waals surface area (Å²) in [6.07, 6.45) is 1.16. The van der Waals surface area contributed by atoms with E-state index in [1.54, 1.807) is 6.92 Å². The molecule has 0 unspecified atom stereocenters. The van der Waals surface area contributed by atoms with Crippen molar-refractivity contribution in [2.24, 2.45) is 11.8 Å². The van der Waals surface area contributed by atoms with E-state index in [0.29, 0.717) is 11.8 Å². The minimum atomic E-state index is -0.627. The number of nitrogens with zero attached hydrogens (tertiary/aromatic N) is 1. The number of likely N-dealkylation sites (tertiary alicyclic amines) is 1. The van der Waals surface area contributed by atoms with E-state index in [1.807, 2.05) is 0 Å². The van der Waals surface area contributed by atoms with Gasteiger partial charge in [0.05, 0.1) is 11.7 Å². The predicted octanol–water partition coefficient (Wildman–Crippen LogP) is 3.27. The van der Waals surface area contributed by atoms with E-state index in [9.17, 15) is 13.6 Å². The fraction of sp³-hybridized carbons (Fsp3) is 0.562. The van der Waals surface area contributed by atoms with Gasteiger partial charge in [-0.1, -0.05) is 13.8 Å². The van der Waals surface area contributed by atoms with Gasteiger partial charge in [-0.15, -0.1) is 0 Å². The molecule has 1 saturated heterocycles. The summed E-state index contributed by atoms with van der Waals surface area (Å²) in [6.45, 7) is 7.84. The molecule has 1 N–H and O–H groups in total. The number of benzene rings is 1. The Morgan fingerprint density at radius 1 is 1.29 bits per heavy atom. The molecule has 1 aromatic carbocycles. The van der Waals surface area contributed by atoms with Gasteiger partial charge in [0.15, 0.2) is 0 Å². The maximum absolute atomic E-state index is 13.6. The number of anilines is 1. The van der Waals surface area contributed by atoms with Crippen LogP contribution in [0, 0.1) is 23.5 Å². The third-order valence-electron chi connectivity index (χ3n) is 4.01. The van der Waals surface area contributed by atoms with Crippen molar-refractivity contribution in [3.8, 4) is 0 Å². The molecular weight excluding hydrogens is 274 g/mol. The number of rotatable bonds is 3. The van der Waals surface area contributed by atoms with Crippen LogP contribution in [0.2, 0.25) is 0 Å². The van der Waals surface area contributed by atoms with Crippen molar-refractivity contribution in [3.63, 3.8) is 0 Å². The summed E-state index contributed by atoms with van der Waals surface area (Å²) in [5, 5.41) is 2.48. The van der Waals surface area contributed by atoms with Crippen LogP contribution < -0.4 is 5.32 Å². The molecule has 0 aromatic heterocycles. The number of piperidine rings is 1. The molecule has 116 valence electrons. The van der Waals surface area contributed by atoms with Crippen LogP contribution in [0.4, 0.5) is 14.5 Å². The third-order valence-corrected chi connectivity index (χ3v) is 4.01. The van der Waals surface area contributed by atoms with Gasteiger partial charge < -0.3 is 5.32 Å². The highest BCUT2D eigenvalue weighted by atomic mass is 19.1. The molecule has 1 aliphatic heterocycles. The van der Waals surface area contributed by atoms with E-state index < -0.39 is 11.6 Å². The van der Waals surface area contributed by atoms with E-state index in [-0.39, 0.29) is 17.6 Å². The Morgan fingerprint density at radius 2 is 1.90 bits per heavy atom. The second kappa shape index (κ2) is 6.52. The summed E-state index contributed by atoms with van der Waals surface area (Å²) in [5.41, 5.74) is -0.107. The number of amides is 1. The average molecular weight is 296 g/mol. The SMILES string of the molecule is C[C@@H]1C[C@@H](C)CN([C@@H](C)C(=O)Nc2cc(F)ccc2F)C1. The maximum atomic E-state index is 13.6. The molecule has 1 heterocycles. The number of carbonyl (C=O) groups excluding carboxylic acids is 1. The molecule has 0 spiro atoms. The van der Waals surface area contributed by atoms with Crippen molar-refractivity contribution < 1.29 is 13.6 Å². The number of halogens is 2. The molecule has 0 aliphatic carbocycles. The Balaban J connectivity index is 2.04. The van der Waals surface area contributed by atoms with Crippen LogP contribution in [0.25, 0.3) is 0 Å². The average Bonchev–Trinajstić information content (AvgIpc) is 2.41. The van der Waals surface area contributed by atoms with E-state index in [4.69, 9.17) is 0 Å². The summed E-state index contributed by atoms with van der Waals surface area (Å²) in [4.78, 5) is 14.3. The van der Waals surface area contributed by atoms with Gasteiger partial charge in [0, 0.05) is 19.2 Å². The minimum Gasteiger partial charge on any atom is -0.322 e. The standard InChI is InChI=1S/C16H22F2N2O/c1-10-6-11(2)9-20(8-10)12(3)16(21)19-15-7-13(17)4-5-14(15)18/h4-5,7,10-12H,6,8-9H2,1-3H3,(H,19,21)/t10-,11-,12+/m1/s1. The summed E-state index contributed by atoms with van der Waals surface area (Å²) in [7, 11) is 0. The summed E-state index contributed by atoms with van der Waals surface area (Å²) in [5.74, 6) is -0.428. The van der Waals surface area contributed by atoms with Gasteiger partial charge in [-0.25, -0.2) is 8.78 Å². The van der Waals surface area contributed by atoms with E-state index in [2.05, 4.69) is 24.1 Å². The lowest BCUT2D eigenvalue weighted by Crippen LogP contribution is -2.48. The smallest absolute Gasteiger partial charge is 0.241 e. The Morgan fingerprint density at radius 3 is 2.52 bits per heavy atom. The third kappa shape index (κ3) is 4.00. The van der Waals surface area contributed by atoms with Gasteiger partial charge in [-0.2, -0.15) is 0 Å². The lowest BCUT2D eigenvalue weighted by molar-refractivity contribution is -0.121. The van der Waals surface area contributed by atoms with Crippen LogP contribution in [-0.2, 0) is 4.79 Å². The monoisotopic (exact) mass is 296 g/mol.